The molecule has 0 bridgehead atoms. The average molecular weight is 425 g/mol. The monoisotopic (exact) mass is 424 g/mol. The fourth-order valence-corrected chi connectivity index (χ4v) is 4.62. The van der Waals surface area contributed by atoms with Crippen LogP contribution in [0, 0.1) is 0 Å². The summed E-state index contributed by atoms with van der Waals surface area (Å²) in [5.74, 6) is 1.93. The fourth-order valence-electron chi connectivity index (χ4n) is 4.62. The Hall–Kier alpha value is -3.48. The third-order valence-corrected chi connectivity index (χ3v) is 6.11. The lowest BCUT2D eigenvalue weighted by atomic mass is 9.95. The largest absolute Gasteiger partial charge is 0.478 e. The highest BCUT2D eigenvalue weighted by Gasteiger charge is 2.26. The first-order valence-corrected chi connectivity index (χ1v) is 10.9. The molecule has 32 heavy (non-hydrogen) atoms. The SMILES string of the molecule is c1ccc(CN2COc3ccc4ccc5c(c4c3C2)CN(Cc2ccccn2)CO5)nc1. The topological polar surface area (TPSA) is 50.7 Å². The smallest absolute Gasteiger partial charge is 0.142 e. The minimum Gasteiger partial charge on any atom is -0.478 e. The van der Waals surface area contributed by atoms with Gasteiger partial charge >= 0.3 is 0 Å². The summed E-state index contributed by atoms with van der Waals surface area (Å²) in [6.07, 6.45) is 3.68. The van der Waals surface area contributed by atoms with Crippen molar-refractivity contribution in [2.45, 2.75) is 26.2 Å². The Bertz CT molecular complexity index is 1150. The van der Waals surface area contributed by atoms with Crippen LogP contribution in [-0.4, -0.2) is 33.2 Å². The fraction of sp³-hybridized carbons (Fsp3) is 0.231. The van der Waals surface area contributed by atoms with E-state index >= 15 is 0 Å². The number of aromatic nitrogens is 2. The number of nitrogens with zero attached hydrogens (tertiary/aromatic N) is 4. The van der Waals surface area contributed by atoms with E-state index in [4.69, 9.17) is 9.47 Å². The Morgan fingerprint density at radius 3 is 1.66 bits per heavy atom. The highest BCUT2D eigenvalue weighted by Crippen LogP contribution is 2.40. The van der Waals surface area contributed by atoms with Gasteiger partial charge in [-0.25, -0.2) is 0 Å². The molecule has 2 aromatic heterocycles. The number of pyridine rings is 2. The Balaban J connectivity index is 1.34. The lowest BCUT2D eigenvalue weighted by Crippen LogP contribution is -2.33. The van der Waals surface area contributed by atoms with Crippen molar-refractivity contribution in [3.8, 4) is 11.5 Å². The van der Waals surface area contributed by atoms with Gasteiger partial charge in [-0.05, 0) is 47.2 Å². The molecule has 6 heteroatoms. The van der Waals surface area contributed by atoms with Crippen molar-refractivity contribution in [2.75, 3.05) is 13.5 Å². The van der Waals surface area contributed by atoms with E-state index in [1.54, 1.807) is 0 Å². The molecule has 0 atom stereocenters. The van der Waals surface area contributed by atoms with Gasteiger partial charge in [-0.15, -0.1) is 0 Å². The van der Waals surface area contributed by atoms with Crippen LogP contribution in [0.4, 0.5) is 0 Å². The van der Waals surface area contributed by atoms with Gasteiger partial charge in [0.05, 0.1) is 11.4 Å². The molecular weight excluding hydrogens is 400 g/mol. The molecule has 0 saturated carbocycles. The molecule has 160 valence electrons. The highest BCUT2D eigenvalue weighted by molar-refractivity contribution is 5.92. The molecule has 0 fully saturated rings. The Labute approximate surface area is 187 Å². The van der Waals surface area contributed by atoms with Gasteiger partial charge in [0.25, 0.3) is 0 Å². The van der Waals surface area contributed by atoms with E-state index in [0.29, 0.717) is 13.5 Å². The molecule has 4 heterocycles. The van der Waals surface area contributed by atoms with Crippen LogP contribution in [-0.2, 0) is 26.2 Å². The molecule has 0 N–H and O–H groups in total. The number of fused-ring (bicyclic) bond motifs is 5. The second-order valence-corrected chi connectivity index (χ2v) is 8.35. The van der Waals surface area contributed by atoms with Gasteiger partial charge in [0.2, 0.25) is 0 Å². The zero-order chi connectivity index (χ0) is 21.3. The van der Waals surface area contributed by atoms with Crippen molar-refractivity contribution < 1.29 is 9.47 Å². The Morgan fingerprint density at radius 1 is 0.656 bits per heavy atom. The second kappa shape index (κ2) is 8.22. The Kier molecular flexibility index (Phi) is 4.94. The first-order valence-electron chi connectivity index (χ1n) is 10.9. The van der Waals surface area contributed by atoms with Gasteiger partial charge in [-0.1, -0.05) is 24.3 Å². The number of hydrogen-bond donors (Lipinski definition) is 0. The van der Waals surface area contributed by atoms with E-state index < -0.39 is 0 Å². The van der Waals surface area contributed by atoms with Gasteiger partial charge in [-0.2, -0.15) is 0 Å². The molecule has 4 aromatic rings. The summed E-state index contributed by atoms with van der Waals surface area (Å²) >= 11 is 0. The van der Waals surface area contributed by atoms with Crippen molar-refractivity contribution in [3.05, 3.63) is 95.6 Å². The molecule has 0 unspecified atom stereocenters. The molecule has 0 aliphatic carbocycles. The summed E-state index contributed by atoms with van der Waals surface area (Å²) in [5.41, 5.74) is 4.55. The minimum atomic E-state index is 0.562. The molecule has 6 nitrogen and oxygen atoms in total. The first-order chi connectivity index (χ1) is 15.8. The van der Waals surface area contributed by atoms with Gasteiger partial charge in [0.1, 0.15) is 25.0 Å². The van der Waals surface area contributed by atoms with Crippen LogP contribution in [0.25, 0.3) is 10.8 Å². The van der Waals surface area contributed by atoms with Gasteiger partial charge in [0.15, 0.2) is 0 Å². The summed E-state index contributed by atoms with van der Waals surface area (Å²) in [6.45, 7) is 4.28. The molecule has 2 aliphatic rings. The van der Waals surface area contributed by atoms with Crippen molar-refractivity contribution in [1.82, 2.24) is 19.8 Å². The summed E-state index contributed by atoms with van der Waals surface area (Å²) in [4.78, 5) is 13.5. The van der Waals surface area contributed by atoms with Gasteiger partial charge < -0.3 is 9.47 Å². The van der Waals surface area contributed by atoms with E-state index in [-0.39, 0.29) is 0 Å². The lowest BCUT2D eigenvalue weighted by Gasteiger charge is -2.33. The third-order valence-electron chi connectivity index (χ3n) is 6.11. The molecule has 2 aliphatic heterocycles. The maximum atomic E-state index is 6.16. The lowest BCUT2D eigenvalue weighted by molar-refractivity contribution is 0.0854. The van der Waals surface area contributed by atoms with Crippen molar-refractivity contribution in [2.24, 2.45) is 0 Å². The van der Waals surface area contributed by atoms with Crippen molar-refractivity contribution >= 4 is 10.8 Å². The van der Waals surface area contributed by atoms with E-state index in [1.165, 1.54) is 21.9 Å². The number of rotatable bonds is 4. The summed E-state index contributed by atoms with van der Waals surface area (Å²) in [6, 6.07) is 20.6. The van der Waals surface area contributed by atoms with E-state index in [2.05, 4.69) is 56.2 Å². The summed E-state index contributed by atoms with van der Waals surface area (Å²) < 4.78 is 12.3. The Morgan fingerprint density at radius 2 is 1.19 bits per heavy atom. The first kappa shape index (κ1) is 19.2. The number of benzene rings is 2. The molecule has 2 aromatic carbocycles. The van der Waals surface area contributed by atoms with Crippen LogP contribution < -0.4 is 9.47 Å². The normalized spacial score (nSPS) is 16.1. The summed E-state index contributed by atoms with van der Waals surface area (Å²) in [5, 5.41) is 2.46. The zero-order valence-corrected chi connectivity index (χ0v) is 17.8. The standard InChI is InChI=1S/C26H24N4O2/c1-3-11-27-20(5-1)13-29-15-22-24(31-17-29)9-7-19-8-10-25-23(26(19)22)16-30(18-32-25)14-21-6-2-4-12-28-21/h1-12H,13-18H2. The predicted molar refractivity (Wildman–Crippen MR) is 122 cm³/mol. The molecule has 0 spiro atoms. The maximum Gasteiger partial charge on any atom is 0.142 e. The van der Waals surface area contributed by atoms with Crippen LogP contribution in [0.5, 0.6) is 11.5 Å². The van der Waals surface area contributed by atoms with Gasteiger partial charge in [0, 0.05) is 49.7 Å². The van der Waals surface area contributed by atoms with Crippen molar-refractivity contribution in [3.63, 3.8) is 0 Å². The van der Waals surface area contributed by atoms with Crippen LogP contribution in [0.1, 0.15) is 22.5 Å². The van der Waals surface area contributed by atoms with Crippen LogP contribution in [0.2, 0.25) is 0 Å². The van der Waals surface area contributed by atoms with Crippen LogP contribution in [0.15, 0.2) is 73.1 Å². The van der Waals surface area contributed by atoms with Gasteiger partial charge in [-0.3, -0.25) is 19.8 Å². The highest BCUT2D eigenvalue weighted by atomic mass is 16.5. The predicted octanol–water partition coefficient (Wildman–Crippen LogP) is 4.33. The zero-order valence-electron chi connectivity index (χ0n) is 17.8. The van der Waals surface area contributed by atoms with E-state index in [1.807, 2.05) is 36.7 Å². The van der Waals surface area contributed by atoms with E-state index in [0.717, 1.165) is 49.1 Å². The second-order valence-electron chi connectivity index (χ2n) is 8.35. The van der Waals surface area contributed by atoms with Crippen LogP contribution >= 0.6 is 0 Å². The number of hydrogen-bond acceptors (Lipinski definition) is 6. The molecule has 0 amide bonds. The quantitative estimate of drug-likeness (QED) is 0.486. The van der Waals surface area contributed by atoms with E-state index in [9.17, 15) is 0 Å². The molecule has 6 rings (SSSR count). The van der Waals surface area contributed by atoms with Crippen LogP contribution in [0.3, 0.4) is 0 Å². The minimum absolute atomic E-state index is 0.562. The van der Waals surface area contributed by atoms with Crippen molar-refractivity contribution in [1.29, 1.82) is 0 Å². The summed E-state index contributed by atoms with van der Waals surface area (Å²) in [7, 11) is 0. The maximum absolute atomic E-state index is 6.16. The molecular formula is C26H24N4O2. The molecule has 0 radical (unpaired) electrons. The number of ether oxygens (including phenoxy) is 2. The average Bonchev–Trinajstić information content (AvgIpc) is 2.85. The third kappa shape index (κ3) is 3.68. The molecule has 0 saturated heterocycles.